The van der Waals surface area contributed by atoms with Gasteiger partial charge in [-0.1, -0.05) is 60.7 Å². The van der Waals surface area contributed by atoms with Crippen LogP contribution in [0.15, 0.2) is 60.7 Å². The van der Waals surface area contributed by atoms with E-state index in [9.17, 15) is 4.79 Å². The number of aryl methyl sites for hydroxylation is 1. The van der Waals surface area contributed by atoms with E-state index in [0.717, 1.165) is 22.6 Å². The van der Waals surface area contributed by atoms with Crippen molar-refractivity contribution < 1.29 is 4.79 Å². The van der Waals surface area contributed by atoms with Crippen LogP contribution in [0.2, 0.25) is 0 Å². The number of rotatable bonds is 3. The van der Waals surface area contributed by atoms with Crippen LogP contribution in [0.3, 0.4) is 0 Å². The van der Waals surface area contributed by atoms with Crippen molar-refractivity contribution in [3.05, 3.63) is 83.0 Å². The molecule has 0 bridgehead atoms. The van der Waals surface area contributed by atoms with Gasteiger partial charge in [0, 0.05) is 5.56 Å². The Labute approximate surface area is 151 Å². The molecule has 1 atom stereocenters. The predicted octanol–water partition coefficient (Wildman–Crippen LogP) is 4.01. The fourth-order valence-corrected chi connectivity index (χ4v) is 4.40. The second kappa shape index (κ2) is 6.76. The Kier molecular flexibility index (Phi) is 4.32. The maximum atomic E-state index is 12.3. The molecule has 1 aliphatic heterocycles. The van der Waals surface area contributed by atoms with Gasteiger partial charge in [0.25, 0.3) is 0 Å². The molecule has 126 valence electrons. The minimum atomic E-state index is 0.0268. The van der Waals surface area contributed by atoms with Crippen molar-refractivity contribution >= 4 is 23.5 Å². The Hall–Kier alpha value is -2.53. The number of anilines is 1. The van der Waals surface area contributed by atoms with Crippen LogP contribution >= 0.6 is 11.8 Å². The van der Waals surface area contributed by atoms with E-state index in [1.807, 2.05) is 48.0 Å². The topological polar surface area (TPSA) is 46.9 Å². The van der Waals surface area contributed by atoms with Crippen molar-refractivity contribution in [2.45, 2.75) is 18.7 Å². The normalized spacial score (nSPS) is 16.8. The molecule has 0 saturated heterocycles. The average molecular weight is 349 g/mol. The van der Waals surface area contributed by atoms with Gasteiger partial charge in [0.15, 0.2) is 0 Å². The van der Waals surface area contributed by atoms with Crippen LogP contribution in [0.4, 0.5) is 5.82 Å². The number of fused-ring (bicyclic) bond motifs is 1. The van der Waals surface area contributed by atoms with Crippen LogP contribution in [0.5, 0.6) is 0 Å². The third-order valence-corrected chi connectivity index (χ3v) is 5.62. The van der Waals surface area contributed by atoms with Crippen molar-refractivity contribution in [1.82, 2.24) is 9.78 Å². The molecule has 0 aliphatic carbocycles. The monoisotopic (exact) mass is 349 g/mol. The zero-order valence-corrected chi connectivity index (χ0v) is 14.8. The molecule has 1 aliphatic rings. The number of hydrogen-bond acceptors (Lipinski definition) is 3. The number of nitrogens with one attached hydrogen (secondary N) is 1. The highest BCUT2D eigenvalue weighted by atomic mass is 32.2. The molecule has 0 radical (unpaired) electrons. The Balaban J connectivity index is 1.79. The summed E-state index contributed by atoms with van der Waals surface area (Å²) in [6.07, 6.45) is 0. The van der Waals surface area contributed by atoms with Crippen LogP contribution in [0.25, 0.3) is 0 Å². The maximum absolute atomic E-state index is 12.3. The first-order chi connectivity index (χ1) is 12.2. The molecule has 0 spiro atoms. The molecular formula is C20H19N3OS. The summed E-state index contributed by atoms with van der Waals surface area (Å²) in [4.78, 5) is 12.3. The first-order valence-electron chi connectivity index (χ1n) is 8.30. The van der Waals surface area contributed by atoms with Crippen LogP contribution < -0.4 is 5.32 Å². The quantitative estimate of drug-likeness (QED) is 0.777. The van der Waals surface area contributed by atoms with Crippen LogP contribution in [0, 0.1) is 6.92 Å². The van der Waals surface area contributed by atoms with Gasteiger partial charge in [-0.2, -0.15) is 5.10 Å². The zero-order chi connectivity index (χ0) is 17.2. The molecule has 1 amide bonds. The lowest BCUT2D eigenvalue weighted by molar-refractivity contribution is -0.113. The Morgan fingerprint density at radius 1 is 1.12 bits per heavy atom. The molecule has 0 unspecified atom stereocenters. The van der Waals surface area contributed by atoms with Gasteiger partial charge in [-0.25, -0.2) is 4.68 Å². The SMILES string of the molecule is Cc1nn(Cc2ccccc2)c2c1[C@H](c1ccccc1)SCC(=O)N2. The summed E-state index contributed by atoms with van der Waals surface area (Å²) in [6.45, 7) is 2.66. The zero-order valence-electron chi connectivity index (χ0n) is 14.0. The minimum Gasteiger partial charge on any atom is -0.310 e. The summed E-state index contributed by atoms with van der Waals surface area (Å²) in [7, 11) is 0. The summed E-state index contributed by atoms with van der Waals surface area (Å²) in [6, 6.07) is 20.5. The van der Waals surface area contributed by atoms with Gasteiger partial charge >= 0.3 is 0 Å². The van der Waals surface area contributed by atoms with E-state index in [0.29, 0.717) is 12.3 Å². The van der Waals surface area contributed by atoms with Gasteiger partial charge in [0.1, 0.15) is 5.82 Å². The van der Waals surface area contributed by atoms with Gasteiger partial charge < -0.3 is 5.32 Å². The van der Waals surface area contributed by atoms with Crippen molar-refractivity contribution in [3.63, 3.8) is 0 Å². The molecule has 2 aromatic carbocycles. The number of amides is 1. The number of thioether (sulfide) groups is 1. The third-order valence-electron chi connectivity index (χ3n) is 4.35. The van der Waals surface area contributed by atoms with Crippen molar-refractivity contribution in [2.75, 3.05) is 11.1 Å². The molecular weight excluding hydrogens is 330 g/mol. The smallest absolute Gasteiger partial charge is 0.235 e. The molecule has 4 rings (SSSR count). The molecule has 4 nitrogen and oxygen atoms in total. The van der Waals surface area contributed by atoms with Crippen molar-refractivity contribution in [3.8, 4) is 0 Å². The van der Waals surface area contributed by atoms with Crippen molar-refractivity contribution in [2.24, 2.45) is 0 Å². The lowest BCUT2D eigenvalue weighted by Crippen LogP contribution is -2.16. The van der Waals surface area contributed by atoms with Crippen LogP contribution in [0.1, 0.15) is 27.6 Å². The lowest BCUT2D eigenvalue weighted by atomic mass is 10.0. The summed E-state index contributed by atoms with van der Waals surface area (Å²) < 4.78 is 1.92. The highest BCUT2D eigenvalue weighted by Gasteiger charge is 2.29. The number of aromatic nitrogens is 2. The fourth-order valence-electron chi connectivity index (χ4n) is 3.21. The third kappa shape index (κ3) is 3.20. The lowest BCUT2D eigenvalue weighted by Gasteiger charge is -2.15. The van der Waals surface area contributed by atoms with E-state index < -0.39 is 0 Å². The Morgan fingerprint density at radius 3 is 2.52 bits per heavy atom. The second-order valence-electron chi connectivity index (χ2n) is 6.14. The van der Waals surface area contributed by atoms with Crippen LogP contribution in [-0.2, 0) is 11.3 Å². The first-order valence-corrected chi connectivity index (χ1v) is 9.35. The highest BCUT2D eigenvalue weighted by molar-refractivity contribution is 8.00. The highest BCUT2D eigenvalue weighted by Crippen LogP contribution is 2.43. The molecule has 0 fully saturated rings. The summed E-state index contributed by atoms with van der Waals surface area (Å²) in [5.74, 6) is 1.29. The van der Waals surface area contributed by atoms with Gasteiger partial charge in [0.05, 0.1) is 23.2 Å². The molecule has 5 heteroatoms. The van der Waals surface area contributed by atoms with Crippen molar-refractivity contribution in [1.29, 1.82) is 0 Å². The molecule has 3 aromatic rings. The maximum Gasteiger partial charge on any atom is 0.235 e. The molecule has 1 aromatic heterocycles. The summed E-state index contributed by atoms with van der Waals surface area (Å²) in [5, 5.41) is 7.91. The summed E-state index contributed by atoms with van der Waals surface area (Å²) >= 11 is 1.66. The van der Waals surface area contributed by atoms with E-state index in [4.69, 9.17) is 5.10 Å². The van der Waals surface area contributed by atoms with Crippen LogP contribution in [-0.4, -0.2) is 21.4 Å². The number of carbonyl (C=O) groups is 1. The van der Waals surface area contributed by atoms with Gasteiger partial charge in [-0.3, -0.25) is 4.79 Å². The number of hydrogen-bond donors (Lipinski definition) is 1. The number of carbonyl (C=O) groups excluding carboxylic acids is 1. The number of benzene rings is 2. The fraction of sp³-hybridized carbons (Fsp3) is 0.200. The second-order valence-corrected chi connectivity index (χ2v) is 7.23. The van der Waals surface area contributed by atoms with E-state index >= 15 is 0 Å². The molecule has 25 heavy (non-hydrogen) atoms. The predicted molar refractivity (Wildman–Crippen MR) is 102 cm³/mol. The van der Waals surface area contributed by atoms with Gasteiger partial charge in [0.2, 0.25) is 5.91 Å². The molecule has 0 saturated carbocycles. The van der Waals surface area contributed by atoms with E-state index in [2.05, 4.69) is 29.6 Å². The van der Waals surface area contributed by atoms with Gasteiger partial charge in [-0.15, -0.1) is 11.8 Å². The molecule has 2 heterocycles. The minimum absolute atomic E-state index is 0.0268. The Morgan fingerprint density at radius 2 is 1.80 bits per heavy atom. The first kappa shape index (κ1) is 16.0. The van der Waals surface area contributed by atoms with E-state index in [1.165, 1.54) is 5.56 Å². The van der Waals surface area contributed by atoms with E-state index in [1.54, 1.807) is 11.8 Å². The summed E-state index contributed by atoms with van der Waals surface area (Å²) in [5.41, 5.74) is 4.44. The largest absolute Gasteiger partial charge is 0.310 e. The van der Waals surface area contributed by atoms with Gasteiger partial charge in [-0.05, 0) is 18.1 Å². The van der Waals surface area contributed by atoms with E-state index in [-0.39, 0.29) is 11.2 Å². The Bertz CT molecular complexity index is 890. The number of nitrogens with zero attached hydrogens (tertiary/aromatic N) is 2. The molecule has 1 N–H and O–H groups in total. The average Bonchev–Trinajstić information content (AvgIpc) is 2.82. The standard InChI is InChI=1S/C20H19N3OS/c1-14-18-19(16-10-6-3-7-11-16)25-13-17(24)21-20(18)23(22-14)12-15-8-4-2-5-9-15/h2-11,19H,12-13H2,1H3,(H,21,24)/t19-/m0/s1.